The molecule has 0 saturated carbocycles. The van der Waals surface area contributed by atoms with Crippen LogP contribution in [-0.2, 0) is 9.47 Å². The van der Waals surface area contributed by atoms with Gasteiger partial charge in [-0.1, -0.05) is 13.8 Å². The Labute approximate surface area is 189 Å². The molecule has 1 unspecified atom stereocenters. The first-order valence-electron chi connectivity index (χ1n) is 10.8. The first-order valence-corrected chi connectivity index (χ1v) is 10.8. The molecule has 2 rings (SSSR count). The average molecular weight is 511 g/mol. The first kappa shape index (κ1) is 25.9. The molecule has 2 aliphatic rings. The highest BCUT2D eigenvalue weighted by molar-refractivity contribution is 14.0. The predicted octanol–water partition coefficient (Wildman–Crippen LogP) is 1.63. The number of nitrogens with one attached hydrogen (secondary N) is 2. The maximum absolute atomic E-state index is 5.52. The van der Waals surface area contributed by atoms with Crippen molar-refractivity contribution in [1.82, 2.24) is 20.4 Å². The Hall–Kier alpha value is -0.160. The van der Waals surface area contributed by atoms with E-state index in [0.717, 1.165) is 91.2 Å². The fraction of sp³-hybridized carbons (Fsp3) is 0.950. The van der Waals surface area contributed by atoms with Gasteiger partial charge in [-0.2, -0.15) is 0 Å². The lowest BCUT2D eigenvalue weighted by Gasteiger charge is -2.34. The van der Waals surface area contributed by atoms with Crippen molar-refractivity contribution in [1.29, 1.82) is 0 Å². The molecule has 1 atom stereocenters. The number of guanidine groups is 1. The van der Waals surface area contributed by atoms with Crippen LogP contribution in [0.2, 0.25) is 0 Å². The van der Waals surface area contributed by atoms with Crippen LogP contribution in [0.5, 0.6) is 0 Å². The van der Waals surface area contributed by atoms with Crippen molar-refractivity contribution in [2.24, 2.45) is 10.9 Å². The van der Waals surface area contributed by atoms with Crippen molar-refractivity contribution < 1.29 is 9.47 Å². The quantitative estimate of drug-likeness (QED) is 0.201. The molecule has 2 N–H and O–H groups in total. The molecule has 0 aromatic heterocycles. The molecule has 0 aromatic rings. The SMILES string of the molecule is CCNC(=NCC(CC(C)C)N1CCOCC1)NCCCN1CCOCC1.I. The van der Waals surface area contributed by atoms with Gasteiger partial charge in [-0.05, 0) is 32.2 Å². The van der Waals surface area contributed by atoms with E-state index in [2.05, 4.69) is 41.2 Å². The molecule has 2 aliphatic heterocycles. The molecule has 0 amide bonds. The lowest BCUT2D eigenvalue weighted by atomic mass is 10.0. The van der Waals surface area contributed by atoms with E-state index < -0.39 is 0 Å². The highest BCUT2D eigenvalue weighted by Crippen LogP contribution is 2.14. The van der Waals surface area contributed by atoms with Crippen molar-refractivity contribution in [3.05, 3.63) is 0 Å². The number of morpholine rings is 2. The van der Waals surface area contributed by atoms with E-state index in [4.69, 9.17) is 14.5 Å². The van der Waals surface area contributed by atoms with E-state index in [9.17, 15) is 0 Å². The van der Waals surface area contributed by atoms with Crippen molar-refractivity contribution >= 4 is 29.9 Å². The highest BCUT2D eigenvalue weighted by Gasteiger charge is 2.21. The van der Waals surface area contributed by atoms with E-state index in [1.165, 1.54) is 6.42 Å². The minimum absolute atomic E-state index is 0. The van der Waals surface area contributed by atoms with Crippen LogP contribution in [0.1, 0.15) is 33.6 Å². The van der Waals surface area contributed by atoms with Crippen LogP contribution < -0.4 is 10.6 Å². The topological polar surface area (TPSA) is 61.4 Å². The number of halogens is 1. The fourth-order valence-electron chi connectivity index (χ4n) is 3.70. The normalized spacial score (nSPS) is 20.6. The zero-order valence-electron chi connectivity index (χ0n) is 18.1. The zero-order valence-corrected chi connectivity index (χ0v) is 20.5. The summed E-state index contributed by atoms with van der Waals surface area (Å²) in [6, 6.07) is 0.498. The molecule has 0 aliphatic carbocycles. The van der Waals surface area contributed by atoms with Gasteiger partial charge < -0.3 is 20.1 Å². The van der Waals surface area contributed by atoms with E-state index in [-0.39, 0.29) is 24.0 Å². The van der Waals surface area contributed by atoms with Gasteiger partial charge in [0.1, 0.15) is 0 Å². The third-order valence-electron chi connectivity index (χ3n) is 5.16. The van der Waals surface area contributed by atoms with Crippen LogP contribution in [0.25, 0.3) is 0 Å². The number of hydrogen-bond donors (Lipinski definition) is 2. The molecule has 2 heterocycles. The van der Waals surface area contributed by atoms with Crippen molar-refractivity contribution in [3.8, 4) is 0 Å². The third kappa shape index (κ3) is 10.6. The minimum atomic E-state index is 0. The van der Waals surface area contributed by atoms with Crippen molar-refractivity contribution in [2.45, 2.75) is 39.7 Å². The first-order chi connectivity index (χ1) is 13.2. The van der Waals surface area contributed by atoms with Crippen molar-refractivity contribution in [2.75, 3.05) is 78.8 Å². The Morgan fingerprint density at radius 1 is 1.00 bits per heavy atom. The smallest absolute Gasteiger partial charge is 0.191 e. The van der Waals surface area contributed by atoms with E-state index in [1.807, 2.05) is 0 Å². The predicted molar refractivity (Wildman–Crippen MR) is 127 cm³/mol. The van der Waals surface area contributed by atoms with Gasteiger partial charge in [-0.15, -0.1) is 24.0 Å². The number of hydrogen-bond acceptors (Lipinski definition) is 5. The molecule has 7 nitrogen and oxygen atoms in total. The Morgan fingerprint density at radius 2 is 1.64 bits per heavy atom. The van der Waals surface area contributed by atoms with Gasteiger partial charge >= 0.3 is 0 Å². The summed E-state index contributed by atoms with van der Waals surface area (Å²) >= 11 is 0. The maximum Gasteiger partial charge on any atom is 0.191 e. The Kier molecular flexibility index (Phi) is 14.5. The standard InChI is InChI=1S/C20H41N5O2.HI/c1-4-21-20(22-6-5-7-24-8-12-26-13-9-24)23-17-19(16-18(2)3)25-10-14-27-15-11-25;/h18-19H,4-17H2,1-3H3,(H2,21,22,23);1H. The van der Waals surface area contributed by atoms with Crippen LogP contribution in [0.4, 0.5) is 0 Å². The van der Waals surface area contributed by atoms with Crippen LogP contribution in [0, 0.1) is 5.92 Å². The van der Waals surface area contributed by atoms with E-state index >= 15 is 0 Å². The van der Waals surface area contributed by atoms with Gasteiger partial charge in [-0.25, -0.2) is 0 Å². The molecule has 2 saturated heterocycles. The zero-order chi connectivity index (χ0) is 19.3. The van der Waals surface area contributed by atoms with Gasteiger partial charge in [-0.3, -0.25) is 14.8 Å². The fourth-order valence-corrected chi connectivity index (χ4v) is 3.70. The lowest BCUT2D eigenvalue weighted by Crippen LogP contribution is -2.46. The lowest BCUT2D eigenvalue weighted by molar-refractivity contribution is 0.0143. The van der Waals surface area contributed by atoms with Crippen LogP contribution >= 0.6 is 24.0 Å². The Bertz CT molecular complexity index is 413. The Balaban J connectivity index is 0.00000392. The number of rotatable bonds is 10. The Morgan fingerprint density at radius 3 is 2.25 bits per heavy atom. The highest BCUT2D eigenvalue weighted by atomic mass is 127. The second-order valence-electron chi connectivity index (χ2n) is 7.89. The minimum Gasteiger partial charge on any atom is -0.379 e. The van der Waals surface area contributed by atoms with E-state index in [0.29, 0.717) is 12.0 Å². The summed E-state index contributed by atoms with van der Waals surface area (Å²) in [7, 11) is 0. The molecule has 0 aromatic carbocycles. The summed E-state index contributed by atoms with van der Waals surface area (Å²) in [5, 5.41) is 6.90. The summed E-state index contributed by atoms with van der Waals surface area (Å²) in [6.07, 6.45) is 2.31. The van der Waals surface area contributed by atoms with Gasteiger partial charge in [0.25, 0.3) is 0 Å². The average Bonchev–Trinajstić information content (AvgIpc) is 2.69. The molecule has 2 fully saturated rings. The molecule has 0 radical (unpaired) electrons. The van der Waals surface area contributed by atoms with Crippen LogP contribution in [0.15, 0.2) is 4.99 Å². The second kappa shape index (κ2) is 15.6. The van der Waals surface area contributed by atoms with Gasteiger partial charge in [0.05, 0.1) is 33.0 Å². The van der Waals surface area contributed by atoms with Crippen LogP contribution in [0.3, 0.4) is 0 Å². The van der Waals surface area contributed by atoms with Gasteiger partial charge in [0, 0.05) is 45.3 Å². The largest absolute Gasteiger partial charge is 0.379 e. The number of ether oxygens (including phenoxy) is 2. The molecular formula is C20H42IN5O2. The molecule has 166 valence electrons. The molecule has 28 heavy (non-hydrogen) atoms. The summed E-state index contributed by atoms with van der Waals surface area (Å²) in [5.74, 6) is 1.62. The van der Waals surface area contributed by atoms with E-state index in [1.54, 1.807) is 0 Å². The number of nitrogens with zero attached hydrogens (tertiary/aromatic N) is 3. The summed E-state index contributed by atoms with van der Waals surface area (Å²) < 4.78 is 10.9. The summed E-state index contributed by atoms with van der Waals surface area (Å²) in [4.78, 5) is 9.93. The monoisotopic (exact) mass is 511 g/mol. The van der Waals surface area contributed by atoms with Gasteiger partial charge in [0.2, 0.25) is 0 Å². The second-order valence-corrected chi connectivity index (χ2v) is 7.89. The molecule has 8 heteroatoms. The summed E-state index contributed by atoms with van der Waals surface area (Å²) in [6.45, 7) is 18.1. The summed E-state index contributed by atoms with van der Waals surface area (Å²) in [5.41, 5.74) is 0. The number of aliphatic imine (C=N–C) groups is 1. The molecular weight excluding hydrogens is 469 g/mol. The maximum atomic E-state index is 5.52. The van der Waals surface area contributed by atoms with Gasteiger partial charge in [0.15, 0.2) is 5.96 Å². The molecule has 0 bridgehead atoms. The molecule has 0 spiro atoms. The van der Waals surface area contributed by atoms with Crippen molar-refractivity contribution in [3.63, 3.8) is 0 Å². The van der Waals surface area contributed by atoms with Crippen LogP contribution in [-0.4, -0.2) is 101 Å². The third-order valence-corrected chi connectivity index (χ3v) is 5.16.